The number of nitrogens with zero attached hydrogens (tertiary/aromatic N) is 2. The summed E-state index contributed by atoms with van der Waals surface area (Å²) in [6.45, 7) is 6.49. The summed E-state index contributed by atoms with van der Waals surface area (Å²) in [5, 5.41) is 9.43. The number of ether oxygens (including phenoxy) is 2. The maximum Gasteiger partial charge on any atom is 0.337 e. The fourth-order valence-corrected chi connectivity index (χ4v) is 8.61. The third kappa shape index (κ3) is 4.65. The third-order valence-electron chi connectivity index (χ3n) is 10.4. The third-order valence-corrected chi connectivity index (χ3v) is 10.4. The Labute approximate surface area is 248 Å². The molecule has 2 unspecified atom stereocenters. The molecule has 42 heavy (non-hydrogen) atoms. The van der Waals surface area contributed by atoms with Gasteiger partial charge in [-0.15, -0.1) is 0 Å². The molecule has 2 bridgehead atoms. The molecule has 2 aromatic carbocycles. The van der Waals surface area contributed by atoms with E-state index in [0.29, 0.717) is 35.9 Å². The van der Waals surface area contributed by atoms with E-state index in [9.17, 15) is 14.7 Å². The Kier molecular flexibility index (Phi) is 7.14. The number of aliphatic hydroxyl groups is 1. The van der Waals surface area contributed by atoms with Crippen molar-refractivity contribution >= 4 is 18.0 Å². The zero-order chi connectivity index (χ0) is 29.0. The number of rotatable bonds is 9. The fraction of sp³-hybridized carbons (Fsp3) is 0.543. The Morgan fingerprint density at radius 1 is 1.14 bits per heavy atom. The largest absolute Gasteiger partial charge is 0.483 e. The normalized spacial score (nSPS) is 29.3. The van der Waals surface area contributed by atoms with Gasteiger partial charge in [-0.1, -0.05) is 50.2 Å². The average molecular weight is 571 g/mol. The molecule has 2 aromatic rings. The molecule has 2 heterocycles. The van der Waals surface area contributed by atoms with Crippen molar-refractivity contribution in [1.82, 2.24) is 9.80 Å². The molecule has 7 rings (SSSR count). The zero-order valence-corrected chi connectivity index (χ0v) is 24.7. The van der Waals surface area contributed by atoms with E-state index < -0.39 is 12.6 Å². The van der Waals surface area contributed by atoms with Gasteiger partial charge >= 0.3 is 5.97 Å². The van der Waals surface area contributed by atoms with Crippen LogP contribution in [0.2, 0.25) is 0 Å². The van der Waals surface area contributed by atoms with Gasteiger partial charge in [-0.2, -0.15) is 0 Å². The predicted octanol–water partition coefficient (Wildman–Crippen LogP) is 4.60. The van der Waals surface area contributed by atoms with Crippen molar-refractivity contribution in [1.29, 1.82) is 0 Å². The Morgan fingerprint density at radius 3 is 2.69 bits per heavy atom. The number of carbonyl (C=O) groups is 2. The van der Waals surface area contributed by atoms with Crippen LogP contribution in [0.4, 0.5) is 0 Å². The first kappa shape index (κ1) is 27.7. The van der Waals surface area contributed by atoms with E-state index in [4.69, 9.17) is 9.47 Å². The number of carbonyl (C=O) groups excluding carboxylic acids is 2. The first-order valence-electron chi connectivity index (χ1n) is 15.8. The molecule has 2 aliphatic heterocycles. The molecule has 7 nitrogen and oxygen atoms in total. The van der Waals surface area contributed by atoms with Crippen LogP contribution in [0.1, 0.15) is 62.6 Å². The van der Waals surface area contributed by atoms with Gasteiger partial charge < -0.3 is 19.5 Å². The van der Waals surface area contributed by atoms with Gasteiger partial charge in [-0.05, 0) is 86.1 Å². The van der Waals surface area contributed by atoms with Crippen LogP contribution in [0.3, 0.4) is 0 Å². The number of benzene rings is 2. The summed E-state index contributed by atoms with van der Waals surface area (Å²) >= 11 is 0. The molecule has 2 saturated carbocycles. The molecule has 222 valence electrons. The van der Waals surface area contributed by atoms with E-state index in [2.05, 4.69) is 29.7 Å². The first-order chi connectivity index (χ1) is 20.4. The van der Waals surface area contributed by atoms with Crippen molar-refractivity contribution in [3.63, 3.8) is 0 Å². The molecule has 1 N–H and O–H groups in total. The smallest absolute Gasteiger partial charge is 0.337 e. The number of aliphatic hydroxyl groups excluding tert-OH is 1. The van der Waals surface area contributed by atoms with Crippen molar-refractivity contribution in [3.8, 4) is 11.5 Å². The molecule has 0 radical (unpaired) electrons. The molecular formula is C35H42N2O5. The molecule has 5 atom stereocenters. The molecule has 0 aromatic heterocycles. The number of esters is 1. The van der Waals surface area contributed by atoms with Gasteiger partial charge in [0.2, 0.25) is 5.91 Å². The van der Waals surface area contributed by atoms with Crippen molar-refractivity contribution in [3.05, 3.63) is 65.2 Å². The molecule has 3 aliphatic carbocycles. The number of piperidine rings is 1. The lowest BCUT2D eigenvalue weighted by molar-refractivity contribution is -0.138. The summed E-state index contributed by atoms with van der Waals surface area (Å²) in [4.78, 5) is 31.0. The van der Waals surface area contributed by atoms with Crippen LogP contribution in [0.15, 0.2) is 48.5 Å². The van der Waals surface area contributed by atoms with Crippen molar-refractivity contribution in [2.75, 3.05) is 26.2 Å². The molecule has 1 saturated heterocycles. The van der Waals surface area contributed by atoms with Crippen molar-refractivity contribution < 1.29 is 24.2 Å². The monoisotopic (exact) mass is 570 g/mol. The Balaban J connectivity index is 1.28. The van der Waals surface area contributed by atoms with Crippen LogP contribution in [-0.2, 0) is 21.4 Å². The van der Waals surface area contributed by atoms with Crippen molar-refractivity contribution in [2.45, 2.75) is 76.0 Å². The lowest BCUT2D eigenvalue weighted by atomic mass is 9.51. The summed E-state index contributed by atoms with van der Waals surface area (Å²) < 4.78 is 12.6. The average Bonchev–Trinajstić information content (AvgIpc) is 3.75. The minimum atomic E-state index is -0.689. The quantitative estimate of drug-likeness (QED) is 0.270. The molecule has 1 amide bonds. The standard InChI is InChI=1S/C35H42N2O5/c1-22(2)19-37(30(39)15-10-23-6-4-3-5-7-23)27-13-12-26-28-18-25-11-14-29(41-31(40)21-38)33-32(25)35(26,34(27)42-33)16-17-36(28)20-24-8-9-24/h3-7,10-11,14-15,22,24,26-28,34,38H,8-9,12-13,16-21H2,1-2H3/b15-10+/t26-,27?,28+,34?,35-/m0/s1. The highest BCUT2D eigenvalue weighted by atomic mass is 16.6. The van der Waals surface area contributed by atoms with Crippen LogP contribution in [0.5, 0.6) is 11.5 Å². The summed E-state index contributed by atoms with van der Waals surface area (Å²) in [5.74, 6) is 1.93. The minimum Gasteiger partial charge on any atom is -0.483 e. The highest BCUT2D eigenvalue weighted by molar-refractivity contribution is 5.92. The summed E-state index contributed by atoms with van der Waals surface area (Å²) in [6, 6.07) is 14.3. The van der Waals surface area contributed by atoms with Gasteiger partial charge in [-0.25, -0.2) is 4.79 Å². The van der Waals surface area contributed by atoms with E-state index in [-0.39, 0.29) is 23.5 Å². The highest BCUT2D eigenvalue weighted by Gasteiger charge is 2.66. The topological polar surface area (TPSA) is 79.3 Å². The first-order valence-corrected chi connectivity index (χ1v) is 15.8. The fourth-order valence-electron chi connectivity index (χ4n) is 8.61. The number of likely N-dealkylation sites (tertiary alicyclic amines) is 1. The van der Waals surface area contributed by atoms with E-state index in [1.165, 1.54) is 30.5 Å². The molecule has 3 fully saturated rings. The summed E-state index contributed by atoms with van der Waals surface area (Å²) in [6.07, 6.45) is 9.97. The number of hydrogen-bond donors (Lipinski definition) is 1. The maximum absolute atomic E-state index is 14.0. The van der Waals surface area contributed by atoms with Crippen LogP contribution in [0, 0.1) is 17.8 Å². The SMILES string of the molecule is CC(C)CN(C(=O)/C=C/c1ccccc1)C1CC[C@H]2[C@H]3Cc4ccc(OC(=O)CO)c5c4[C@@]2(CCN3CC2CC2)C1O5. The molecule has 7 heteroatoms. The second kappa shape index (κ2) is 10.8. The van der Waals surface area contributed by atoms with Crippen LogP contribution in [-0.4, -0.2) is 71.2 Å². The van der Waals surface area contributed by atoms with Gasteiger partial charge in [-0.3, -0.25) is 9.69 Å². The van der Waals surface area contributed by atoms with E-state index >= 15 is 0 Å². The van der Waals surface area contributed by atoms with Crippen LogP contribution in [0.25, 0.3) is 6.08 Å². The van der Waals surface area contributed by atoms with E-state index in [1.807, 2.05) is 42.5 Å². The lowest BCUT2D eigenvalue weighted by Crippen LogP contribution is -2.69. The second-order valence-corrected chi connectivity index (χ2v) is 13.5. The van der Waals surface area contributed by atoms with Crippen molar-refractivity contribution in [2.24, 2.45) is 17.8 Å². The van der Waals surface area contributed by atoms with Gasteiger partial charge in [0, 0.05) is 36.2 Å². The Hall–Kier alpha value is -3.16. The van der Waals surface area contributed by atoms with E-state index in [1.54, 1.807) is 6.08 Å². The van der Waals surface area contributed by atoms with Crippen LogP contribution >= 0.6 is 0 Å². The summed E-state index contributed by atoms with van der Waals surface area (Å²) in [7, 11) is 0. The minimum absolute atomic E-state index is 0.0117. The zero-order valence-electron chi connectivity index (χ0n) is 24.7. The predicted molar refractivity (Wildman–Crippen MR) is 160 cm³/mol. The highest BCUT2D eigenvalue weighted by Crippen LogP contribution is 2.64. The van der Waals surface area contributed by atoms with Crippen LogP contribution < -0.4 is 9.47 Å². The van der Waals surface area contributed by atoms with E-state index in [0.717, 1.165) is 43.7 Å². The van der Waals surface area contributed by atoms with Gasteiger partial charge in [0.25, 0.3) is 0 Å². The summed E-state index contributed by atoms with van der Waals surface area (Å²) in [5.41, 5.74) is 3.26. The van der Waals surface area contributed by atoms with Gasteiger partial charge in [0.05, 0.1) is 6.04 Å². The number of amides is 1. The second-order valence-electron chi connectivity index (χ2n) is 13.5. The molecule has 1 spiro atoms. The van der Waals surface area contributed by atoms with Gasteiger partial charge in [0.1, 0.15) is 12.7 Å². The Bertz CT molecular complexity index is 1390. The molecule has 5 aliphatic rings. The van der Waals surface area contributed by atoms with Gasteiger partial charge in [0.15, 0.2) is 11.5 Å². The maximum atomic E-state index is 14.0. The number of hydrogen-bond acceptors (Lipinski definition) is 6. The molecular weight excluding hydrogens is 528 g/mol. The lowest BCUT2D eigenvalue weighted by Gasteiger charge is -2.60. The Morgan fingerprint density at radius 2 is 1.95 bits per heavy atom.